The molecular weight excluding hydrogens is 496 g/mol. The Morgan fingerprint density at radius 1 is 0.838 bits per heavy atom. The van der Waals surface area contributed by atoms with Gasteiger partial charge in [-0.25, -0.2) is 17.9 Å². The van der Waals surface area contributed by atoms with Crippen molar-refractivity contribution in [3.63, 3.8) is 0 Å². The number of para-hydroxylation sites is 1. The fourth-order valence-corrected chi connectivity index (χ4v) is 5.50. The molecule has 3 aromatic carbocycles. The van der Waals surface area contributed by atoms with Gasteiger partial charge in [-0.3, -0.25) is 4.79 Å². The van der Waals surface area contributed by atoms with Crippen molar-refractivity contribution in [3.05, 3.63) is 84.6 Å². The molecule has 1 aliphatic rings. The van der Waals surface area contributed by atoms with Crippen molar-refractivity contribution in [1.29, 1.82) is 0 Å². The van der Waals surface area contributed by atoms with E-state index in [-0.39, 0.29) is 22.6 Å². The van der Waals surface area contributed by atoms with E-state index in [1.165, 1.54) is 0 Å². The number of sulfonamides is 1. The Morgan fingerprint density at radius 3 is 2.00 bits per heavy atom. The Bertz CT molecular complexity index is 1450. The number of anilines is 1. The maximum absolute atomic E-state index is 12.6. The molecule has 0 unspecified atom stereocenters. The van der Waals surface area contributed by atoms with Gasteiger partial charge in [0.1, 0.15) is 5.58 Å². The Hall–Kier alpha value is -4.15. The van der Waals surface area contributed by atoms with Gasteiger partial charge in [-0.15, -0.1) is 0 Å². The van der Waals surface area contributed by atoms with Gasteiger partial charge >= 0.3 is 6.16 Å². The smallest absolute Gasteiger partial charge is 0.451 e. The molecule has 37 heavy (non-hydrogen) atoms. The summed E-state index contributed by atoms with van der Waals surface area (Å²) in [7, 11) is -3.51. The number of furan rings is 1. The number of benzene rings is 3. The van der Waals surface area contributed by atoms with Crippen molar-refractivity contribution in [3.8, 4) is 11.1 Å². The van der Waals surface area contributed by atoms with Crippen LogP contribution in [0.5, 0.6) is 0 Å². The van der Waals surface area contributed by atoms with Crippen LogP contribution in [-0.2, 0) is 10.0 Å². The van der Waals surface area contributed by atoms with Crippen molar-refractivity contribution < 1.29 is 32.6 Å². The molecule has 0 saturated heterocycles. The van der Waals surface area contributed by atoms with Crippen LogP contribution >= 0.6 is 0 Å². The van der Waals surface area contributed by atoms with E-state index in [9.17, 15) is 13.2 Å². The van der Waals surface area contributed by atoms with Crippen molar-refractivity contribution in [2.75, 3.05) is 5.32 Å². The summed E-state index contributed by atoms with van der Waals surface area (Å²) in [6.45, 7) is 0. The highest BCUT2D eigenvalue weighted by atomic mass is 32.2. The molecule has 0 aliphatic heterocycles. The molecule has 4 N–H and O–H groups in total. The average molecular weight is 523 g/mol. The number of hydrogen-bond donors (Lipinski definition) is 4. The Balaban J connectivity index is 0.000000747. The summed E-state index contributed by atoms with van der Waals surface area (Å²) in [5, 5.41) is 17.7. The highest BCUT2D eigenvalue weighted by Crippen LogP contribution is 2.25. The van der Waals surface area contributed by atoms with Crippen LogP contribution in [0, 0.1) is 0 Å². The lowest BCUT2D eigenvalue weighted by molar-refractivity contribution is 0.0998. The summed E-state index contributed by atoms with van der Waals surface area (Å²) < 4.78 is 33.6. The SMILES string of the molecule is O=C(Nc1ccc(-c2ccc(S(=O)(=O)NC3CCCC3)cc2)cc1)c1cc2ccccc2o1.O=C(O)O. The summed E-state index contributed by atoms with van der Waals surface area (Å²) in [5.41, 5.74) is 3.13. The third kappa shape index (κ3) is 6.75. The molecule has 10 heteroatoms. The highest BCUT2D eigenvalue weighted by molar-refractivity contribution is 7.89. The lowest BCUT2D eigenvalue weighted by Crippen LogP contribution is -2.32. The second-order valence-corrected chi connectivity index (χ2v) is 10.3. The second kappa shape index (κ2) is 11.3. The largest absolute Gasteiger partial charge is 0.503 e. The number of carbonyl (C=O) groups is 2. The van der Waals surface area contributed by atoms with E-state index < -0.39 is 16.2 Å². The van der Waals surface area contributed by atoms with E-state index in [1.54, 1.807) is 30.3 Å². The number of rotatable bonds is 6. The quantitative estimate of drug-likeness (QED) is 0.250. The van der Waals surface area contributed by atoms with Gasteiger partial charge in [0.15, 0.2) is 5.76 Å². The molecule has 4 aromatic rings. The van der Waals surface area contributed by atoms with E-state index >= 15 is 0 Å². The molecule has 0 spiro atoms. The third-order valence-corrected chi connectivity index (χ3v) is 7.50. The van der Waals surface area contributed by atoms with Gasteiger partial charge < -0.3 is 19.9 Å². The number of fused-ring (bicyclic) bond motifs is 1. The first-order valence-corrected chi connectivity index (χ1v) is 13.1. The summed E-state index contributed by atoms with van der Waals surface area (Å²) in [6, 6.07) is 23.5. The molecule has 1 fully saturated rings. The van der Waals surface area contributed by atoms with Gasteiger partial charge in [0.2, 0.25) is 10.0 Å². The van der Waals surface area contributed by atoms with Gasteiger partial charge in [0.25, 0.3) is 5.91 Å². The Labute approximate surface area is 213 Å². The maximum atomic E-state index is 12.6. The van der Waals surface area contributed by atoms with Crippen LogP contribution in [0.2, 0.25) is 0 Å². The zero-order valence-electron chi connectivity index (χ0n) is 19.8. The molecule has 0 bridgehead atoms. The van der Waals surface area contributed by atoms with E-state index in [4.69, 9.17) is 19.4 Å². The molecule has 0 atom stereocenters. The van der Waals surface area contributed by atoms with Gasteiger partial charge in [-0.1, -0.05) is 55.3 Å². The molecule has 1 heterocycles. The van der Waals surface area contributed by atoms with Crippen LogP contribution in [0.3, 0.4) is 0 Å². The predicted molar refractivity (Wildman–Crippen MR) is 139 cm³/mol. The maximum Gasteiger partial charge on any atom is 0.503 e. The van der Waals surface area contributed by atoms with E-state index in [0.29, 0.717) is 11.3 Å². The van der Waals surface area contributed by atoms with Crippen LogP contribution in [0.25, 0.3) is 22.1 Å². The summed E-state index contributed by atoms with van der Waals surface area (Å²) in [5.74, 6) is -0.0634. The zero-order chi connectivity index (χ0) is 26.4. The lowest BCUT2D eigenvalue weighted by Gasteiger charge is -2.13. The molecular formula is C27H26N2O7S. The predicted octanol–water partition coefficient (Wildman–Crippen LogP) is 5.80. The summed E-state index contributed by atoms with van der Waals surface area (Å²) in [4.78, 5) is 21.4. The number of carboxylic acid groups (broad SMARTS) is 2. The monoisotopic (exact) mass is 522 g/mol. The van der Waals surface area contributed by atoms with Crippen molar-refractivity contribution >= 4 is 38.7 Å². The minimum absolute atomic E-state index is 0.0389. The number of carbonyl (C=O) groups excluding carboxylic acids is 1. The molecule has 0 radical (unpaired) electrons. The highest BCUT2D eigenvalue weighted by Gasteiger charge is 2.22. The minimum Gasteiger partial charge on any atom is -0.451 e. The zero-order valence-corrected chi connectivity index (χ0v) is 20.6. The lowest BCUT2D eigenvalue weighted by atomic mass is 10.1. The first kappa shape index (κ1) is 25.9. The van der Waals surface area contributed by atoms with Crippen LogP contribution in [-0.4, -0.2) is 36.7 Å². The fourth-order valence-electron chi connectivity index (χ4n) is 4.19. The minimum atomic E-state index is -3.51. The van der Waals surface area contributed by atoms with Crippen molar-refractivity contribution in [2.45, 2.75) is 36.6 Å². The molecule has 192 valence electrons. The van der Waals surface area contributed by atoms with Crippen LogP contribution in [0.4, 0.5) is 10.5 Å². The molecule has 9 nitrogen and oxygen atoms in total. The van der Waals surface area contributed by atoms with Crippen LogP contribution in [0.1, 0.15) is 36.2 Å². The average Bonchev–Trinajstić information content (AvgIpc) is 3.54. The standard InChI is InChI=1S/C26H24N2O4S.CH2O3/c29-26(25-17-20-5-1-4-8-24(20)32-25)27-21-13-9-18(10-14-21)19-11-15-23(16-12-19)33(30,31)28-22-6-2-3-7-22;2-1(3)4/h1,4-5,8-17,22,28H,2-3,6-7H2,(H,27,29);(H2,2,3,4). The van der Waals surface area contributed by atoms with Gasteiger partial charge in [-0.2, -0.15) is 0 Å². The molecule has 1 amide bonds. The van der Waals surface area contributed by atoms with Crippen molar-refractivity contribution in [2.24, 2.45) is 0 Å². The Kier molecular flexibility index (Phi) is 7.90. The van der Waals surface area contributed by atoms with E-state index in [2.05, 4.69) is 10.0 Å². The van der Waals surface area contributed by atoms with E-state index in [0.717, 1.165) is 42.2 Å². The number of amides is 1. The first-order chi connectivity index (χ1) is 17.7. The number of hydrogen-bond acceptors (Lipinski definition) is 5. The third-order valence-electron chi connectivity index (χ3n) is 5.97. The summed E-state index contributed by atoms with van der Waals surface area (Å²) >= 11 is 0. The second-order valence-electron chi connectivity index (χ2n) is 8.59. The van der Waals surface area contributed by atoms with Crippen LogP contribution < -0.4 is 10.0 Å². The van der Waals surface area contributed by atoms with Gasteiger partial charge in [-0.05, 0) is 60.4 Å². The Morgan fingerprint density at radius 2 is 1.41 bits per heavy atom. The fraction of sp³-hybridized carbons (Fsp3) is 0.185. The molecule has 1 saturated carbocycles. The topological polar surface area (TPSA) is 146 Å². The number of nitrogens with one attached hydrogen (secondary N) is 2. The first-order valence-electron chi connectivity index (χ1n) is 11.7. The van der Waals surface area contributed by atoms with Gasteiger partial charge in [0.05, 0.1) is 4.90 Å². The molecule has 1 aromatic heterocycles. The van der Waals surface area contributed by atoms with Crippen molar-refractivity contribution in [1.82, 2.24) is 4.72 Å². The summed E-state index contributed by atoms with van der Waals surface area (Å²) in [6.07, 6.45) is 2.11. The molecule has 1 aliphatic carbocycles. The van der Waals surface area contributed by atoms with Crippen LogP contribution in [0.15, 0.2) is 88.2 Å². The normalized spacial score (nSPS) is 13.6. The molecule has 5 rings (SSSR count). The van der Waals surface area contributed by atoms with E-state index in [1.807, 2.05) is 48.5 Å². The van der Waals surface area contributed by atoms with Gasteiger partial charge in [0, 0.05) is 17.1 Å².